The molecule has 1 aliphatic rings. The van der Waals surface area contributed by atoms with Gasteiger partial charge in [0.05, 0.1) is 30.7 Å². The molecule has 0 spiro atoms. The zero-order chi connectivity index (χ0) is 21.9. The molecule has 1 saturated heterocycles. The topological polar surface area (TPSA) is 88.1 Å². The number of esters is 3. The maximum Gasteiger partial charge on any atom is 0.336 e. The Bertz CT molecular complexity index is 652. The van der Waals surface area contributed by atoms with Gasteiger partial charge in [-0.1, -0.05) is 49.8 Å². The standard InChI is InChI=1S/C18H27IO7SSi/c1-9-25-12(20)10-11-13(19)14(26-28(7,8)17(2,3)4)18(27-11,15(21)23-5)16(22)24-6/h1,11,13-14H,10H2,2-8H3/t11-,13+,14?/m0/s1. The van der Waals surface area contributed by atoms with Gasteiger partial charge >= 0.3 is 17.9 Å². The van der Waals surface area contributed by atoms with Crippen molar-refractivity contribution < 1.29 is 33.0 Å². The number of carbonyl (C=O) groups is 3. The zero-order valence-corrected chi connectivity index (χ0v) is 21.1. The number of methoxy groups -OCH3 is 2. The SMILES string of the molecule is C#COC(=O)C[C@@H]1SC(C(=O)OC)(C(=O)OC)C(O[Si](C)(C)C(C)(C)C)[C@@H]1I. The third-order valence-electron chi connectivity index (χ3n) is 5.13. The second-order valence-corrected chi connectivity index (χ2v) is 15.6. The summed E-state index contributed by atoms with van der Waals surface area (Å²) < 4.78 is 19.0. The molecule has 0 N–H and O–H groups in total. The molecule has 0 saturated carbocycles. The van der Waals surface area contributed by atoms with Gasteiger partial charge in [-0.15, -0.1) is 11.8 Å². The maximum absolute atomic E-state index is 12.8. The summed E-state index contributed by atoms with van der Waals surface area (Å²) in [6.07, 6.45) is 5.96. The first-order valence-electron chi connectivity index (χ1n) is 8.60. The average molecular weight is 542 g/mol. The van der Waals surface area contributed by atoms with E-state index in [4.69, 9.17) is 20.3 Å². The van der Waals surface area contributed by atoms with Crippen LogP contribution in [0.25, 0.3) is 0 Å². The van der Waals surface area contributed by atoms with E-state index in [0.29, 0.717) is 0 Å². The molecule has 1 unspecified atom stereocenters. The van der Waals surface area contributed by atoms with E-state index in [1.54, 1.807) is 0 Å². The van der Waals surface area contributed by atoms with E-state index in [2.05, 4.69) is 48.1 Å². The molecule has 3 atom stereocenters. The zero-order valence-electron chi connectivity index (χ0n) is 17.2. The van der Waals surface area contributed by atoms with Crippen LogP contribution >= 0.6 is 34.4 Å². The van der Waals surface area contributed by atoms with Gasteiger partial charge < -0.3 is 18.6 Å². The second-order valence-electron chi connectivity index (χ2n) is 7.91. The van der Waals surface area contributed by atoms with E-state index >= 15 is 0 Å². The monoisotopic (exact) mass is 542 g/mol. The number of ether oxygens (including phenoxy) is 3. The van der Waals surface area contributed by atoms with Crippen LogP contribution in [0.3, 0.4) is 0 Å². The minimum Gasteiger partial charge on any atom is -0.467 e. The first kappa shape index (κ1) is 25.3. The van der Waals surface area contributed by atoms with E-state index in [1.165, 1.54) is 14.2 Å². The van der Waals surface area contributed by atoms with Crippen molar-refractivity contribution in [2.24, 2.45) is 0 Å². The largest absolute Gasteiger partial charge is 0.467 e. The number of hydrogen-bond donors (Lipinski definition) is 0. The Morgan fingerprint density at radius 2 is 1.68 bits per heavy atom. The summed E-state index contributed by atoms with van der Waals surface area (Å²) in [5, 5.41) is -0.610. The summed E-state index contributed by atoms with van der Waals surface area (Å²) in [4.78, 5) is 37.6. The molecule has 0 aromatic heterocycles. The van der Waals surface area contributed by atoms with Gasteiger partial charge in [-0.05, 0) is 18.1 Å². The summed E-state index contributed by atoms with van der Waals surface area (Å²) in [7, 11) is 0.0302. The summed E-state index contributed by atoms with van der Waals surface area (Å²) in [6, 6.07) is 0. The van der Waals surface area contributed by atoms with Crippen molar-refractivity contribution in [3.05, 3.63) is 0 Å². The van der Waals surface area contributed by atoms with Crippen LogP contribution in [-0.4, -0.2) is 60.5 Å². The summed E-state index contributed by atoms with van der Waals surface area (Å²) >= 11 is 3.13. The molecule has 7 nitrogen and oxygen atoms in total. The van der Waals surface area contributed by atoms with E-state index in [-0.39, 0.29) is 15.4 Å². The molecule has 0 amide bonds. The first-order valence-corrected chi connectivity index (χ1v) is 13.6. The Hall–Kier alpha value is -0.773. The van der Waals surface area contributed by atoms with Crippen LogP contribution in [0.4, 0.5) is 0 Å². The number of thioether (sulfide) groups is 1. The van der Waals surface area contributed by atoms with Crippen LogP contribution in [0.5, 0.6) is 0 Å². The number of terminal acetylenes is 1. The number of halogens is 1. The smallest absolute Gasteiger partial charge is 0.336 e. The van der Waals surface area contributed by atoms with E-state index in [0.717, 1.165) is 11.8 Å². The number of rotatable bonds is 6. The Labute approximate surface area is 185 Å². The molecular formula is C18H27IO7SSi. The van der Waals surface area contributed by atoms with Gasteiger partial charge in [0.2, 0.25) is 4.75 Å². The van der Waals surface area contributed by atoms with Crippen molar-refractivity contribution in [3.63, 3.8) is 0 Å². The first-order chi connectivity index (χ1) is 12.8. The van der Waals surface area contributed by atoms with Crippen molar-refractivity contribution in [2.75, 3.05) is 14.2 Å². The molecule has 1 heterocycles. The fraction of sp³-hybridized carbons (Fsp3) is 0.722. The predicted molar refractivity (Wildman–Crippen MR) is 118 cm³/mol. The summed E-state index contributed by atoms with van der Waals surface area (Å²) in [5.74, 6) is -2.14. The molecule has 0 aromatic carbocycles. The van der Waals surface area contributed by atoms with E-state index in [1.807, 2.05) is 19.2 Å². The molecular weight excluding hydrogens is 515 g/mol. The maximum atomic E-state index is 12.8. The molecule has 0 bridgehead atoms. The molecule has 28 heavy (non-hydrogen) atoms. The molecule has 0 radical (unpaired) electrons. The van der Waals surface area contributed by atoms with E-state index < -0.39 is 42.3 Å². The van der Waals surface area contributed by atoms with Crippen LogP contribution in [0.2, 0.25) is 18.1 Å². The lowest BCUT2D eigenvalue weighted by Gasteiger charge is -2.42. The van der Waals surface area contributed by atoms with Gasteiger partial charge in [-0.25, -0.2) is 9.59 Å². The third-order valence-corrected chi connectivity index (χ3v) is 13.3. The van der Waals surface area contributed by atoms with Crippen LogP contribution in [-0.2, 0) is 33.0 Å². The van der Waals surface area contributed by atoms with E-state index in [9.17, 15) is 14.4 Å². The van der Waals surface area contributed by atoms with Gasteiger partial charge in [0.15, 0.2) is 8.32 Å². The highest BCUT2D eigenvalue weighted by Gasteiger charge is 2.67. The third kappa shape index (κ3) is 4.85. The average Bonchev–Trinajstić information content (AvgIpc) is 2.86. The highest BCUT2D eigenvalue weighted by atomic mass is 127. The lowest BCUT2D eigenvalue weighted by molar-refractivity contribution is -0.159. The molecule has 0 aliphatic carbocycles. The van der Waals surface area contributed by atoms with Crippen molar-refractivity contribution in [1.82, 2.24) is 0 Å². The molecule has 1 fully saturated rings. The molecule has 10 heteroatoms. The van der Waals surface area contributed by atoms with Crippen molar-refractivity contribution in [3.8, 4) is 12.5 Å². The fourth-order valence-corrected chi connectivity index (χ4v) is 7.53. The van der Waals surface area contributed by atoms with Gasteiger partial charge in [-0.2, -0.15) is 0 Å². The van der Waals surface area contributed by atoms with Crippen molar-refractivity contribution >= 4 is 60.6 Å². The lowest BCUT2D eigenvalue weighted by atomic mass is 9.97. The molecule has 0 aromatic rings. The predicted octanol–water partition coefficient (Wildman–Crippen LogP) is 2.90. The minimum absolute atomic E-state index is 0.0738. The number of hydrogen-bond acceptors (Lipinski definition) is 8. The fourth-order valence-electron chi connectivity index (χ4n) is 2.57. The summed E-state index contributed by atoms with van der Waals surface area (Å²) in [6.45, 7) is 10.2. The van der Waals surface area contributed by atoms with Crippen LogP contribution in [0, 0.1) is 12.5 Å². The minimum atomic E-state index is -2.38. The Morgan fingerprint density at radius 3 is 2.07 bits per heavy atom. The Morgan fingerprint density at radius 1 is 1.18 bits per heavy atom. The molecule has 1 aliphatic heterocycles. The van der Waals surface area contributed by atoms with Gasteiger partial charge in [0, 0.05) is 5.25 Å². The Balaban J connectivity index is 3.45. The quantitative estimate of drug-likeness (QED) is 0.0964. The number of alkyl halides is 1. The van der Waals surface area contributed by atoms with Gasteiger partial charge in [0.1, 0.15) is 6.11 Å². The van der Waals surface area contributed by atoms with Crippen LogP contribution < -0.4 is 0 Å². The van der Waals surface area contributed by atoms with Gasteiger partial charge in [-0.3, -0.25) is 4.79 Å². The molecule has 1 rings (SSSR count). The van der Waals surface area contributed by atoms with Crippen LogP contribution in [0.1, 0.15) is 27.2 Å². The van der Waals surface area contributed by atoms with Crippen molar-refractivity contribution in [1.29, 1.82) is 0 Å². The normalized spacial score (nSPS) is 24.2. The van der Waals surface area contributed by atoms with Crippen LogP contribution in [0.15, 0.2) is 0 Å². The highest BCUT2D eigenvalue weighted by molar-refractivity contribution is 14.1. The lowest BCUT2D eigenvalue weighted by Crippen LogP contribution is -2.59. The van der Waals surface area contributed by atoms with Gasteiger partial charge in [0.25, 0.3) is 0 Å². The van der Waals surface area contributed by atoms with Crippen molar-refractivity contribution in [2.45, 2.75) is 65.3 Å². The highest BCUT2D eigenvalue weighted by Crippen LogP contribution is 2.53. The summed E-state index contributed by atoms with van der Waals surface area (Å²) in [5.41, 5.74) is 0. The molecule has 158 valence electrons. The Kier molecular flexibility index (Phi) is 8.45. The second kappa shape index (κ2) is 9.36. The number of carbonyl (C=O) groups excluding carboxylic acids is 3.